The van der Waals surface area contributed by atoms with Crippen molar-refractivity contribution < 1.29 is 9.90 Å². The van der Waals surface area contributed by atoms with Crippen molar-refractivity contribution in [3.8, 4) is 0 Å². The van der Waals surface area contributed by atoms with E-state index in [1.165, 1.54) is 0 Å². The Morgan fingerprint density at radius 2 is 2.12 bits per heavy atom. The third-order valence-electron chi connectivity index (χ3n) is 3.46. The monoisotopic (exact) mass is 228 g/mol. The van der Waals surface area contributed by atoms with Gasteiger partial charge in [-0.25, -0.2) is 0 Å². The molecule has 0 bridgehead atoms. The summed E-state index contributed by atoms with van der Waals surface area (Å²) in [7, 11) is 1.76. The van der Waals surface area contributed by atoms with Crippen molar-refractivity contribution >= 4 is 5.91 Å². The van der Waals surface area contributed by atoms with Crippen molar-refractivity contribution in [3.63, 3.8) is 0 Å². The van der Waals surface area contributed by atoms with Crippen molar-refractivity contribution in [2.75, 3.05) is 7.05 Å². The molecule has 0 aliphatic heterocycles. The van der Waals surface area contributed by atoms with E-state index < -0.39 is 6.04 Å². The number of likely N-dealkylation sites (N-methyl/N-ethyl adjacent to an activating group) is 1. The summed E-state index contributed by atoms with van der Waals surface area (Å²) in [6, 6.07) is -0.451. The molecule has 4 heteroatoms. The molecule has 0 radical (unpaired) electrons. The van der Waals surface area contributed by atoms with Crippen LogP contribution in [0.1, 0.15) is 45.4 Å². The Morgan fingerprint density at radius 1 is 1.50 bits per heavy atom. The van der Waals surface area contributed by atoms with Crippen LogP contribution in [0.3, 0.4) is 0 Å². The predicted molar refractivity (Wildman–Crippen MR) is 63.9 cm³/mol. The summed E-state index contributed by atoms with van der Waals surface area (Å²) < 4.78 is 0. The van der Waals surface area contributed by atoms with Crippen LogP contribution in [-0.4, -0.2) is 41.1 Å². The SMILES string of the molecule is CCC[C@H](N)C(=O)N(C)C1CCCCC1O. The van der Waals surface area contributed by atoms with Gasteiger partial charge in [-0.3, -0.25) is 4.79 Å². The first-order chi connectivity index (χ1) is 7.57. The third-order valence-corrected chi connectivity index (χ3v) is 3.46. The zero-order valence-electron chi connectivity index (χ0n) is 10.4. The van der Waals surface area contributed by atoms with Crippen LogP contribution in [0.25, 0.3) is 0 Å². The summed E-state index contributed by atoms with van der Waals surface area (Å²) in [5.41, 5.74) is 5.81. The van der Waals surface area contributed by atoms with Gasteiger partial charge in [-0.1, -0.05) is 26.2 Å². The second kappa shape index (κ2) is 6.21. The lowest BCUT2D eigenvalue weighted by Gasteiger charge is -2.36. The molecular formula is C12H24N2O2. The largest absolute Gasteiger partial charge is 0.391 e. The lowest BCUT2D eigenvalue weighted by molar-refractivity contribution is -0.136. The molecule has 0 aromatic heterocycles. The standard InChI is InChI=1S/C12H24N2O2/c1-3-6-9(13)12(16)14(2)10-7-4-5-8-11(10)15/h9-11,15H,3-8,13H2,1-2H3/t9-,10?,11?/m0/s1. The Balaban J connectivity index is 2.54. The van der Waals surface area contributed by atoms with Crippen molar-refractivity contribution in [1.29, 1.82) is 0 Å². The molecule has 4 nitrogen and oxygen atoms in total. The Labute approximate surface area is 97.8 Å². The average Bonchev–Trinajstić information content (AvgIpc) is 2.28. The van der Waals surface area contributed by atoms with E-state index in [2.05, 4.69) is 0 Å². The smallest absolute Gasteiger partial charge is 0.239 e. The van der Waals surface area contributed by atoms with E-state index >= 15 is 0 Å². The summed E-state index contributed by atoms with van der Waals surface area (Å²) in [4.78, 5) is 13.6. The molecule has 1 aliphatic carbocycles. The number of carbonyl (C=O) groups excluding carboxylic acids is 1. The summed E-state index contributed by atoms with van der Waals surface area (Å²) >= 11 is 0. The Hall–Kier alpha value is -0.610. The molecule has 94 valence electrons. The normalized spacial score (nSPS) is 27.5. The van der Waals surface area contributed by atoms with Gasteiger partial charge in [-0.15, -0.1) is 0 Å². The van der Waals surface area contributed by atoms with Gasteiger partial charge in [0.25, 0.3) is 0 Å². The summed E-state index contributed by atoms with van der Waals surface area (Å²) in [6.07, 6.45) is 5.08. The molecule has 0 heterocycles. The molecule has 0 aromatic carbocycles. The minimum absolute atomic E-state index is 0.0344. The number of hydrogen-bond donors (Lipinski definition) is 2. The van der Waals surface area contributed by atoms with Crippen LogP contribution in [0, 0.1) is 0 Å². The molecule has 3 atom stereocenters. The first-order valence-electron chi connectivity index (χ1n) is 6.28. The first-order valence-corrected chi connectivity index (χ1v) is 6.28. The van der Waals surface area contributed by atoms with Crippen LogP contribution in [0.5, 0.6) is 0 Å². The molecule has 16 heavy (non-hydrogen) atoms. The third kappa shape index (κ3) is 3.19. The predicted octanol–water partition coefficient (Wildman–Crippen LogP) is 0.876. The van der Waals surface area contributed by atoms with Crippen molar-refractivity contribution in [3.05, 3.63) is 0 Å². The lowest BCUT2D eigenvalue weighted by Crippen LogP contribution is -2.51. The number of nitrogens with two attached hydrogens (primary N) is 1. The van der Waals surface area contributed by atoms with E-state index in [9.17, 15) is 9.90 Å². The minimum atomic E-state index is -0.413. The molecule has 1 aliphatic rings. The average molecular weight is 228 g/mol. The fourth-order valence-electron chi connectivity index (χ4n) is 2.40. The van der Waals surface area contributed by atoms with E-state index in [1.807, 2.05) is 6.92 Å². The van der Waals surface area contributed by atoms with Crippen LogP contribution in [0.15, 0.2) is 0 Å². The number of carbonyl (C=O) groups is 1. The Bertz CT molecular complexity index is 233. The maximum absolute atomic E-state index is 12.0. The Morgan fingerprint density at radius 3 is 2.69 bits per heavy atom. The molecule has 0 aromatic rings. The first kappa shape index (κ1) is 13.5. The van der Waals surface area contributed by atoms with E-state index in [-0.39, 0.29) is 18.1 Å². The number of hydrogen-bond acceptors (Lipinski definition) is 3. The molecule has 0 saturated heterocycles. The molecule has 0 spiro atoms. The highest BCUT2D eigenvalue weighted by atomic mass is 16.3. The van der Waals surface area contributed by atoms with Crippen LogP contribution in [-0.2, 0) is 4.79 Å². The number of aliphatic hydroxyl groups excluding tert-OH is 1. The highest BCUT2D eigenvalue weighted by molar-refractivity contribution is 5.81. The van der Waals surface area contributed by atoms with Crippen LogP contribution >= 0.6 is 0 Å². The van der Waals surface area contributed by atoms with Crippen LogP contribution < -0.4 is 5.73 Å². The van der Waals surface area contributed by atoms with E-state index in [0.29, 0.717) is 6.42 Å². The van der Waals surface area contributed by atoms with Gasteiger partial charge in [0.1, 0.15) is 0 Å². The van der Waals surface area contributed by atoms with Crippen LogP contribution in [0.4, 0.5) is 0 Å². The second-order valence-electron chi connectivity index (χ2n) is 4.76. The zero-order valence-corrected chi connectivity index (χ0v) is 10.4. The zero-order chi connectivity index (χ0) is 12.1. The van der Waals surface area contributed by atoms with Gasteiger partial charge in [0.2, 0.25) is 5.91 Å². The Kier molecular flexibility index (Phi) is 5.22. The minimum Gasteiger partial charge on any atom is -0.391 e. The highest BCUT2D eigenvalue weighted by Gasteiger charge is 2.31. The molecule has 1 amide bonds. The molecular weight excluding hydrogens is 204 g/mol. The van der Waals surface area contributed by atoms with Crippen molar-refractivity contribution in [2.24, 2.45) is 5.73 Å². The molecule has 1 saturated carbocycles. The maximum atomic E-state index is 12.0. The molecule has 2 unspecified atom stereocenters. The van der Waals surface area contributed by atoms with Gasteiger partial charge >= 0.3 is 0 Å². The van der Waals surface area contributed by atoms with Crippen molar-refractivity contribution in [1.82, 2.24) is 4.90 Å². The molecule has 1 fully saturated rings. The lowest BCUT2D eigenvalue weighted by atomic mass is 9.91. The quantitative estimate of drug-likeness (QED) is 0.750. The van der Waals surface area contributed by atoms with Gasteiger partial charge < -0.3 is 15.7 Å². The van der Waals surface area contributed by atoms with Gasteiger partial charge in [-0.05, 0) is 19.3 Å². The number of amides is 1. The summed E-state index contributed by atoms with van der Waals surface area (Å²) in [5, 5.41) is 9.87. The number of nitrogens with zero attached hydrogens (tertiary/aromatic N) is 1. The number of aliphatic hydroxyl groups is 1. The topological polar surface area (TPSA) is 66.6 Å². The van der Waals surface area contributed by atoms with Gasteiger partial charge in [0, 0.05) is 7.05 Å². The molecule has 3 N–H and O–H groups in total. The van der Waals surface area contributed by atoms with E-state index in [4.69, 9.17) is 5.73 Å². The summed E-state index contributed by atoms with van der Waals surface area (Å²) in [5.74, 6) is -0.0344. The maximum Gasteiger partial charge on any atom is 0.239 e. The number of rotatable bonds is 4. The van der Waals surface area contributed by atoms with E-state index in [1.54, 1.807) is 11.9 Å². The van der Waals surface area contributed by atoms with Gasteiger partial charge in [0.05, 0.1) is 18.2 Å². The van der Waals surface area contributed by atoms with Gasteiger partial charge in [0.15, 0.2) is 0 Å². The highest BCUT2D eigenvalue weighted by Crippen LogP contribution is 2.22. The summed E-state index contributed by atoms with van der Waals surface area (Å²) in [6.45, 7) is 2.02. The molecule has 1 rings (SSSR count). The van der Waals surface area contributed by atoms with Crippen molar-refractivity contribution in [2.45, 2.75) is 63.6 Å². The van der Waals surface area contributed by atoms with Crippen LogP contribution in [0.2, 0.25) is 0 Å². The van der Waals surface area contributed by atoms with Gasteiger partial charge in [-0.2, -0.15) is 0 Å². The fourth-order valence-corrected chi connectivity index (χ4v) is 2.40. The fraction of sp³-hybridized carbons (Fsp3) is 0.917. The van der Waals surface area contributed by atoms with E-state index in [0.717, 1.165) is 32.1 Å². The second-order valence-corrected chi connectivity index (χ2v) is 4.76.